The quantitative estimate of drug-likeness (QED) is 0.232. The maximum absolute atomic E-state index is 12.4. The molecule has 0 aliphatic rings. The van der Waals surface area contributed by atoms with Crippen molar-refractivity contribution >= 4 is 53.2 Å². The Labute approximate surface area is 226 Å². The van der Waals surface area contributed by atoms with Gasteiger partial charge in [0.2, 0.25) is 11.8 Å². The van der Waals surface area contributed by atoms with Crippen molar-refractivity contribution < 1.29 is 19.5 Å². The van der Waals surface area contributed by atoms with E-state index in [0.717, 1.165) is 16.9 Å². The van der Waals surface area contributed by atoms with Crippen LogP contribution in [0.1, 0.15) is 30.9 Å². The minimum atomic E-state index is -1.03. The Balaban J connectivity index is 0.00000432. The molecule has 2 aromatic carbocycles. The fraction of sp³-hybridized carbons (Fsp3) is 0.231. The van der Waals surface area contributed by atoms with Crippen LogP contribution in [0.5, 0.6) is 0 Å². The second-order valence-corrected chi connectivity index (χ2v) is 7.73. The Morgan fingerprint density at radius 2 is 1.54 bits per heavy atom. The Morgan fingerprint density at radius 3 is 2.20 bits per heavy atom. The molecule has 1 atom stereocenters. The van der Waals surface area contributed by atoms with Crippen LogP contribution >= 0.6 is 0 Å². The van der Waals surface area contributed by atoms with Crippen molar-refractivity contribution in [2.24, 2.45) is 0 Å². The number of hydrogen-bond acceptors (Lipinski definition) is 5. The molecule has 0 fully saturated rings. The third-order valence-electron chi connectivity index (χ3n) is 5.13. The second-order valence-electron chi connectivity index (χ2n) is 7.73. The summed E-state index contributed by atoms with van der Waals surface area (Å²) >= 11 is 0. The van der Waals surface area contributed by atoms with Crippen LogP contribution in [-0.2, 0) is 14.4 Å². The van der Waals surface area contributed by atoms with Crippen LogP contribution in [0.15, 0.2) is 79.0 Å². The van der Waals surface area contributed by atoms with Gasteiger partial charge in [0.05, 0.1) is 19.0 Å². The normalized spacial score (nSPS) is 11.0. The predicted molar refractivity (Wildman–Crippen MR) is 136 cm³/mol. The van der Waals surface area contributed by atoms with Crippen LogP contribution in [0.25, 0.3) is 11.1 Å². The molecule has 3 aromatic rings. The molecule has 8 nitrogen and oxygen atoms in total. The third-order valence-corrected chi connectivity index (χ3v) is 5.13. The molecule has 1 radical (unpaired) electrons. The molecule has 0 aliphatic carbocycles. The van der Waals surface area contributed by atoms with Gasteiger partial charge in [-0.05, 0) is 35.2 Å². The molecule has 2 amide bonds. The zero-order valence-electron chi connectivity index (χ0n) is 19.7. The van der Waals surface area contributed by atoms with Gasteiger partial charge in [0.15, 0.2) is 0 Å². The molecule has 0 saturated heterocycles. The van der Waals surface area contributed by atoms with Crippen molar-refractivity contribution in [2.75, 3.05) is 18.4 Å². The summed E-state index contributed by atoms with van der Waals surface area (Å²) in [7, 11) is 0. The number of aliphatic carboxylic acids is 1. The summed E-state index contributed by atoms with van der Waals surface area (Å²) in [6.45, 7) is 0.362. The number of anilines is 1. The number of carbonyl (C=O) groups excluding carboxylic acids is 2. The van der Waals surface area contributed by atoms with Crippen LogP contribution < -0.4 is 16.0 Å². The van der Waals surface area contributed by atoms with E-state index < -0.39 is 17.9 Å². The van der Waals surface area contributed by atoms with Crippen LogP contribution in [0, 0.1) is 0 Å². The first kappa shape index (κ1) is 28.0. The Bertz CT molecular complexity index is 1080. The first-order chi connectivity index (χ1) is 16.5. The minimum absolute atomic E-state index is 0. The Kier molecular flexibility index (Phi) is 12.0. The van der Waals surface area contributed by atoms with Gasteiger partial charge in [0.1, 0.15) is 5.82 Å². The van der Waals surface area contributed by atoms with Gasteiger partial charge in [0.25, 0.3) is 0 Å². The van der Waals surface area contributed by atoms with Gasteiger partial charge in [-0.3, -0.25) is 14.4 Å². The first-order valence-electron chi connectivity index (χ1n) is 11.1. The summed E-state index contributed by atoms with van der Waals surface area (Å²) in [5, 5.41) is 17.7. The zero-order chi connectivity index (χ0) is 24.2. The van der Waals surface area contributed by atoms with Crippen molar-refractivity contribution in [1.82, 2.24) is 15.6 Å². The number of hydrogen-bond donors (Lipinski definition) is 4. The molecule has 4 N–H and O–H groups in total. The number of carboxylic acids is 1. The number of nitrogens with one attached hydrogen (secondary N) is 3. The van der Waals surface area contributed by atoms with E-state index in [0.29, 0.717) is 18.5 Å². The first-order valence-corrected chi connectivity index (χ1v) is 11.1. The molecular weight excluding hydrogens is 455 g/mol. The summed E-state index contributed by atoms with van der Waals surface area (Å²) in [5.74, 6) is -0.983. The van der Waals surface area contributed by atoms with E-state index in [1.807, 2.05) is 72.8 Å². The number of carboxylic acid groups (broad SMARTS) is 1. The SMILES string of the molecule is O=C(O)CC(NC(=O)CNC(=O)CCCNc1ccccn1)c1ccc(-c2ccccc2)cc1.[Na]. The van der Waals surface area contributed by atoms with Gasteiger partial charge in [-0.1, -0.05) is 60.7 Å². The van der Waals surface area contributed by atoms with Crippen molar-refractivity contribution in [2.45, 2.75) is 25.3 Å². The van der Waals surface area contributed by atoms with Crippen molar-refractivity contribution in [3.63, 3.8) is 0 Å². The molecular formula is C26H28N4NaO4. The summed E-state index contributed by atoms with van der Waals surface area (Å²) < 4.78 is 0. The number of rotatable bonds is 12. The van der Waals surface area contributed by atoms with Gasteiger partial charge in [-0.25, -0.2) is 4.98 Å². The van der Waals surface area contributed by atoms with E-state index in [1.54, 1.807) is 6.20 Å². The summed E-state index contributed by atoms with van der Waals surface area (Å²) in [6, 6.07) is 22.1. The zero-order valence-corrected chi connectivity index (χ0v) is 21.7. The summed E-state index contributed by atoms with van der Waals surface area (Å²) in [5.41, 5.74) is 2.72. The van der Waals surface area contributed by atoms with Crippen molar-refractivity contribution in [3.8, 4) is 11.1 Å². The average molecular weight is 484 g/mol. The van der Waals surface area contributed by atoms with Gasteiger partial charge >= 0.3 is 5.97 Å². The van der Waals surface area contributed by atoms with Gasteiger partial charge in [0, 0.05) is 48.7 Å². The number of aromatic nitrogens is 1. The third kappa shape index (κ3) is 9.90. The maximum atomic E-state index is 12.4. The van der Waals surface area contributed by atoms with E-state index in [9.17, 15) is 19.5 Å². The fourth-order valence-corrected chi connectivity index (χ4v) is 3.41. The largest absolute Gasteiger partial charge is 0.481 e. The molecule has 0 bridgehead atoms. The van der Waals surface area contributed by atoms with Crippen LogP contribution in [0.3, 0.4) is 0 Å². The topological polar surface area (TPSA) is 120 Å². The summed E-state index contributed by atoms with van der Waals surface area (Å²) in [6.07, 6.45) is 2.26. The molecule has 1 unspecified atom stereocenters. The van der Waals surface area contributed by atoms with E-state index in [4.69, 9.17) is 0 Å². The van der Waals surface area contributed by atoms with Crippen LogP contribution in [-0.4, -0.2) is 70.5 Å². The Hall–Kier alpha value is -3.20. The number of nitrogens with zero attached hydrogens (tertiary/aromatic N) is 1. The van der Waals surface area contributed by atoms with E-state index in [2.05, 4.69) is 20.9 Å². The number of carbonyl (C=O) groups is 3. The van der Waals surface area contributed by atoms with Crippen molar-refractivity contribution in [1.29, 1.82) is 0 Å². The van der Waals surface area contributed by atoms with Crippen LogP contribution in [0.2, 0.25) is 0 Å². The van der Waals surface area contributed by atoms with E-state index in [-0.39, 0.29) is 54.9 Å². The summed E-state index contributed by atoms with van der Waals surface area (Å²) in [4.78, 5) is 39.9. The molecule has 0 aliphatic heterocycles. The predicted octanol–water partition coefficient (Wildman–Crippen LogP) is 3.01. The van der Waals surface area contributed by atoms with Crippen LogP contribution in [0.4, 0.5) is 5.82 Å². The molecule has 35 heavy (non-hydrogen) atoms. The van der Waals surface area contributed by atoms with Crippen molar-refractivity contribution in [3.05, 3.63) is 84.6 Å². The number of benzene rings is 2. The second kappa shape index (κ2) is 14.9. The molecule has 0 saturated carbocycles. The minimum Gasteiger partial charge on any atom is -0.481 e. The maximum Gasteiger partial charge on any atom is 0.305 e. The monoisotopic (exact) mass is 483 g/mol. The van der Waals surface area contributed by atoms with Gasteiger partial charge in [-0.15, -0.1) is 0 Å². The number of amides is 2. The molecule has 0 spiro atoms. The number of pyridine rings is 1. The molecule has 9 heteroatoms. The standard InChI is InChI=1S/C26H28N4O4.Na/c31-24(10-6-16-28-23-9-4-5-15-27-23)29-18-25(32)30-22(17-26(33)34)21-13-11-20(12-14-21)19-7-2-1-3-8-19;/h1-5,7-9,11-15,22H,6,10,16-18H2,(H,27,28)(H,29,31)(H,30,32)(H,33,34);. The van der Waals surface area contributed by atoms with Gasteiger partial charge < -0.3 is 21.1 Å². The van der Waals surface area contributed by atoms with E-state index in [1.165, 1.54) is 0 Å². The molecule has 3 rings (SSSR count). The fourth-order valence-electron chi connectivity index (χ4n) is 3.41. The molecule has 1 heterocycles. The average Bonchev–Trinajstić information content (AvgIpc) is 2.86. The van der Waals surface area contributed by atoms with E-state index >= 15 is 0 Å². The smallest absolute Gasteiger partial charge is 0.305 e. The molecule has 1 aromatic heterocycles. The Morgan fingerprint density at radius 1 is 0.857 bits per heavy atom. The molecule has 177 valence electrons. The van der Waals surface area contributed by atoms with Gasteiger partial charge in [-0.2, -0.15) is 0 Å².